The molecule has 0 bridgehead atoms. The number of benzene rings is 2. The summed E-state index contributed by atoms with van der Waals surface area (Å²) in [7, 11) is 0. The summed E-state index contributed by atoms with van der Waals surface area (Å²) in [5.74, 6) is -1.60. The van der Waals surface area contributed by atoms with Crippen molar-refractivity contribution < 1.29 is 28.2 Å². The first-order valence-electron chi connectivity index (χ1n) is 9.69. The maximum Gasteiger partial charge on any atom is 0.329 e. The molecule has 1 aliphatic rings. The second-order valence-electron chi connectivity index (χ2n) is 7.11. The fourth-order valence-corrected chi connectivity index (χ4v) is 3.44. The van der Waals surface area contributed by atoms with Gasteiger partial charge in [-0.2, -0.15) is 0 Å². The molecular weight excluding hydrogens is 380 g/mol. The minimum Gasteiger partial charge on any atom is -0.480 e. The van der Waals surface area contributed by atoms with Crippen LogP contribution >= 0.6 is 0 Å². The lowest BCUT2D eigenvalue weighted by Crippen LogP contribution is -2.39. The molecule has 156 valence electrons. The van der Waals surface area contributed by atoms with Gasteiger partial charge in [0.25, 0.3) is 0 Å². The number of piperidine rings is 1. The molecule has 29 heavy (non-hydrogen) atoms. The van der Waals surface area contributed by atoms with E-state index in [1.807, 2.05) is 0 Å². The van der Waals surface area contributed by atoms with Gasteiger partial charge in [0.15, 0.2) is 0 Å². The van der Waals surface area contributed by atoms with E-state index in [2.05, 4.69) is 4.90 Å². The van der Waals surface area contributed by atoms with Gasteiger partial charge in [0, 0.05) is 19.6 Å². The zero-order valence-corrected chi connectivity index (χ0v) is 16.1. The van der Waals surface area contributed by atoms with Crippen molar-refractivity contribution >= 4 is 5.97 Å². The van der Waals surface area contributed by atoms with Crippen LogP contribution in [0.3, 0.4) is 0 Å². The quantitative estimate of drug-likeness (QED) is 0.646. The lowest BCUT2D eigenvalue weighted by atomic mass is 10.00. The molecule has 1 aliphatic heterocycles. The third-order valence-corrected chi connectivity index (χ3v) is 4.99. The van der Waals surface area contributed by atoms with Gasteiger partial charge in [-0.25, -0.2) is 13.6 Å². The van der Waals surface area contributed by atoms with Crippen LogP contribution in [0.4, 0.5) is 8.78 Å². The largest absolute Gasteiger partial charge is 0.480 e. The van der Waals surface area contributed by atoms with Crippen molar-refractivity contribution in [1.29, 1.82) is 0 Å². The van der Waals surface area contributed by atoms with Gasteiger partial charge in [-0.05, 0) is 48.2 Å². The highest BCUT2D eigenvalue weighted by atomic mass is 19.1. The number of aliphatic carboxylic acids is 1. The number of ether oxygens (including phenoxy) is 2. The Labute approximate surface area is 168 Å². The Hall–Kier alpha value is -2.35. The second-order valence-corrected chi connectivity index (χ2v) is 7.11. The minimum absolute atomic E-state index is 0.0197. The Kier molecular flexibility index (Phi) is 7.69. The molecule has 0 radical (unpaired) electrons. The number of halogens is 2. The van der Waals surface area contributed by atoms with E-state index >= 15 is 0 Å². The van der Waals surface area contributed by atoms with E-state index in [0.717, 1.165) is 37.1 Å². The maximum atomic E-state index is 13.3. The highest BCUT2D eigenvalue weighted by Gasteiger charge is 2.25. The lowest BCUT2D eigenvalue weighted by Gasteiger charge is -2.34. The van der Waals surface area contributed by atoms with Crippen LogP contribution < -0.4 is 0 Å². The van der Waals surface area contributed by atoms with Crippen LogP contribution in [0.15, 0.2) is 48.5 Å². The minimum atomic E-state index is -0.968. The normalized spacial score (nSPS) is 15.7. The van der Waals surface area contributed by atoms with Crippen LogP contribution in [0, 0.1) is 11.6 Å². The predicted octanol–water partition coefficient (Wildman–Crippen LogP) is 3.64. The molecule has 0 aliphatic carbocycles. The number of hydrogen-bond donors (Lipinski definition) is 1. The van der Waals surface area contributed by atoms with Crippen LogP contribution in [0.5, 0.6) is 0 Å². The molecule has 2 aromatic carbocycles. The first-order valence-corrected chi connectivity index (χ1v) is 9.69. The lowest BCUT2D eigenvalue weighted by molar-refractivity contribution is -0.142. The third-order valence-electron chi connectivity index (χ3n) is 4.99. The molecule has 0 aromatic heterocycles. The SMILES string of the molecule is O=C(O)COCCN1CCC(OC(c2ccc(F)cc2)c2ccc(F)cc2)CC1. The summed E-state index contributed by atoms with van der Waals surface area (Å²) < 4.78 is 38.1. The van der Waals surface area contributed by atoms with Crippen LogP contribution in [0.1, 0.15) is 30.1 Å². The van der Waals surface area contributed by atoms with Gasteiger partial charge in [0.05, 0.1) is 12.7 Å². The highest BCUT2D eigenvalue weighted by Crippen LogP contribution is 2.30. The molecule has 1 saturated heterocycles. The number of carboxylic acid groups (broad SMARTS) is 1. The average molecular weight is 405 g/mol. The van der Waals surface area contributed by atoms with Crippen molar-refractivity contribution in [3.05, 3.63) is 71.3 Å². The van der Waals surface area contributed by atoms with Crippen molar-refractivity contribution in [2.75, 3.05) is 32.8 Å². The molecule has 7 heteroatoms. The Bertz CT molecular complexity index is 729. The van der Waals surface area contributed by atoms with Gasteiger partial charge < -0.3 is 19.5 Å². The Morgan fingerprint density at radius 1 is 1.00 bits per heavy atom. The Balaban J connectivity index is 1.58. The summed E-state index contributed by atoms with van der Waals surface area (Å²) in [5.41, 5.74) is 1.64. The van der Waals surface area contributed by atoms with Crippen molar-refractivity contribution in [2.45, 2.75) is 25.0 Å². The van der Waals surface area contributed by atoms with Crippen molar-refractivity contribution in [1.82, 2.24) is 4.90 Å². The molecule has 0 amide bonds. The van der Waals surface area contributed by atoms with Crippen molar-refractivity contribution in [3.63, 3.8) is 0 Å². The number of carboxylic acids is 1. The Morgan fingerprint density at radius 3 is 2.00 bits per heavy atom. The van der Waals surface area contributed by atoms with E-state index in [4.69, 9.17) is 14.6 Å². The summed E-state index contributed by atoms with van der Waals surface area (Å²) in [6.45, 7) is 2.42. The van der Waals surface area contributed by atoms with E-state index in [1.54, 1.807) is 24.3 Å². The summed E-state index contributed by atoms with van der Waals surface area (Å²) >= 11 is 0. The highest BCUT2D eigenvalue weighted by molar-refractivity contribution is 5.67. The van der Waals surface area contributed by atoms with E-state index in [9.17, 15) is 13.6 Å². The molecule has 0 spiro atoms. The molecule has 1 heterocycles. The smallest absolute Gasteiger partial charge is 0.329 e. The zero-order chi connectivity index (χ0) is 20.6. The molecule has 0 atom stereocenters. The van der Waals surface area contributed by atoms with Crippen LogP contribution in [0.25, 0.3) is 0 Å². The van der Waals surface area contributed by atoms with Gasteiger partial charge in [-0.3, -0.25) is 0 Å². The number of carbonyl (C=O) groups is 1. The predicted molar refractivity (Wildman–Crippen MR) is 104 cm³/mol. The van der Waals surface area contributed by atoms with Gasteiger partial charge in [-0.15, -0.1) is 0 Å². The second kappa shape index (κ2) is 10.4. The molecule has 0 saturated carbocycles. The molecule has 1 N–H and O–H groups in total. The van der Waals surface area contributed by atoms with E-state index in [0.29, 0.717) is 13.2 Å². The summed E-state index contributed by atoms with van der Waals surface area (Å²) in [6, 6.07) is 12.4. The van der Waals surface area contributed by atoms with Gasteiger partial charge in [0.2, 0.25) is 0 Å². The number of likely N-dealkylation sites (tertiary alicyclic amines) is 1. The van der Waals surface area contributed by atoms with Crippen molar-refractivity contribution in [2.24, 2.45) is 0 Å². The summed E-state index contributed by atoms with van der Waals surface area (Å²) in [6.07, 6.45) is 1.26. The van der Waals surface area contributed by atoms with Crippen LogP contribution in [0.2, 0.25) is 0 Å². The molecule has 0 unspecified atom stereocenters. The maximum absolute atomic E-state index is 13.3. The fourth-order valence-electron chi connectivity index (χ4n) is 3.44. The fraction of sp³-hybridized carbons (Fsp3) is 0.409. The van der Waals surface area contributed by atoms with Crippen LogP contribution in [-0.4, -0.2) is 54.9 Å². The number of rotatable bonds is 9. The first kappa shape index (κ1) is 21.4. The molecule has 3 rings (SSSR count). The van der Waals surface area contributed by atoms with Crippen molar-refractivity contribution in [3.8, 4) is 0 Å². The first-order chi connectivity index (χ1) is 14.0. The van der Waals surface area contributed by atoms with Gasteiger partial charge in [0.1, 0.15) is 24.3 Å². The van der Waals surface area contributed by atoms with E-state index in [1.165, 1.54) is 24.3 Å². The number of nitrogens with zero attached hydrogens (tertiary/aromatic N) is 1. The molecule has 2 aromatic rings. The van der Waals surface area contributed by atoms with E-state index < -0.39 is 12.1 Å². The molecule has 1 fully saturated rings. The Morgan fingerprint density at radius 2 is 1.52 bits per heavy atom. The van der Waals surface area contributed by atoms with E-state index in [-0.39, 0.29) is 24.3 Å². The monoisotopic (exact) mass is 405 g/mol. The van der Waals surface area contributed by atoms with Crippen LogP contribution in [-0.2, 0) is 14.3 Å². The van der Waals surface area contributed by atoms with Gasteiger partial charge in [-0.1, -0.05) is 24.3 Å². The standard InChI is InChI=1S/C22H25F2NO4/c23-18-5-1-16(2-6-18)22(17-3-7-19(24)8-4-17)29-20-9-11-25(12-10-20)13-14-28-15-21(26)27/h1-8,20,22H,9-15H2,(H,26,27). The molecular formula is C22H25F2NO4. The third kappa shape index (κ3) is 6.59. The average Bonchev–Trinajstić information content (AvgIpc) is 2.72. The summed E-state index contributed by atoms with van der Waals surface area (Å²) in [4.78, 5) is 12.7. The number of hydrogen-bond acceptors (Lipinski definition) is 4. The van der Waals surface area contributed by atoms with Gasteiger partial charge >= 0.3 is 5.97 Å². The zero-order valence-electron chi connectivity index (χ0n) is 16.1. The summed E-state index contributed by atoms with van der Waals surface area (Å²) in [5, 5.41) is 8.59. The molecule has 5 nitrogen and oxygen atoms in total. The topological polar surface area (TPSA) is 59.0 Å².